The van der Waals surface area contributed by atoms with E-state index >= 15 is 0 Å². The second-order valence-corrected chi connectivity index (χ2v) is 7.40. The fourth-order valence-electron chi connectivity index (χ4n) is 2.99. The Morgan fingerprint density at radius 2 is 1.61 bits per heavy atom. The van der Waals surface area contributed by atoms with Gasteiger partial charge in [-0.05, 0) is 63.4 Å². The molecule has 0 atom stereocenters. The Kier molecular flexibility index (Phi) is 5.78. The molecule has 6 heteroatoms. The summed E-state index contributed by atoms with van der Waals surface area (Å²) in [5.74, 6) is -0.489. The number of hydrogen-bond donors (Lipinski definition) is 3. The van der Waals surface area contributed by atoms with E-state index in [2.05, 4.69) is 16.0 Å². The average molecular weight is 379 g/mol. The van der Waals surface area contributed by atoms with E-state index in [4.69, 9.17) is 0 Å². The Hall–Kier alpha value is -3.15. The topological polar surface area (TPSA) is 87.3 Å². The van der Waals surface area contributed by atoms with Gasteiger partial charge in [-0.25, -0.2) is 0 Å². The van der Waals surface area contributed by atoms with Crippen molar-refractivity contribution >= 4 is 29.1 Å². The molecule has 6 nitrogen and oxygen atoms in total. The zero-order chi connectivity index (χ0) is 20.3. The van der Waals surface area contributed by atoms with Gasteiger partial charge in [-0.1, -0.05) is 23.3 Å². The van der Waals surface area contributed by atoms with Crippen molar-refractivity contribution in [3.8, 4) is 0 Å². The van der Waals surface area contributed by atoms with Crippen LogP contribution in [0.4, 0.5) is 11.4 Å². The molecule has 0 spiro atoms. The summed E-state index contributed by atoms with van der Waals surface area (Å²) in [5, 5.41) is 8.30. The second kappa shape index (κ2) is 8.25. The van der Waals surface area contributed by atoms with E-state index in [1.54, 1.807) is 18.2 Å². The highest BCUT2D eigenvalue weighted by atomic mass is 16.2. The van der Waals surface area contributed by atoms with Crippen LogP contribution in [0.5, 0.6) is 0 Å². The lowest BCUT2D eigenvalue weighted by atomic mass is 10.1. The monoisotopic (exact) mass is 379 g/mol. The van der Waals surface area contributed by atoms with Crippen LogP contribution in [-0.4, -0.2) is 24.3 Å². The van der Waals surface area contributed by atoms with Gasteiger partial charge < -0.3 is 16.0 Å². The van der Waals surface area contributed by atoms with Gasteiger partial charge in [0.2, 0.25) is 11.8 Å². The van der Waals surface area contributed by atoms with Crippen molar-refractivity contribution in [2.45, 2.75) is 33.6 Å². The van der Waals surface area contributed by atoms with Crippen LogP contribution in [0.3, 0.4) is 0 Å². The highest BCUT2D eigenvalue weighted by molar-refractivity contribution is 6.00. The third-order valence-electron chi connectivity index (χ3n) is 4.62. The zero-order valence-electron chi connectivity index (χ0n) is 16.4. The number of benzene rings is 2. The third-order valence-corrected chi connectivity index (χ3v) is 4.62. The molecule has 0 unspecified atom stereocenters. The van der Waals surface area contributed by atoms with Crippen molar-refractivity contribution in [3.05, 3.63) is 58.7 Å². The summed E-state index contributed by atoms with van der Waals surface area (Å²) in [6, 6.07) is 11.0. The number of aryl methyl sites for hydroxylation is 3. The van der Waals surface area contributed by atoms with Crippen LogP contribution in [0.25, 0.3) is 0 Å². The number of amides is 3. The molecular formula is C22H25N3O3. The summed E-state index contributed by atoms with van der Waals surface area (Å²) >= 11 is 0. The lowest BCUT2D eigenvalue weighted by Gasteiger charge is -2.12. The molecule has 0 radical (unpaired) electrons. The summed E-state index contributed by atoms with van der Waals surface area (Å²) in [4.78, 5) is 36.5. The van der Waals surface area contributed by atoms with Gasteiger partial charge in [0.25, 0.3) is 5.91 Å². The van der Waals surface area contributed by atoms with Crippen LogP contribution in [0.15, 0.2) is 36.4 Å². The second-order valence-electron chi connectivity index (χ2n) is 7.40. The predicted octanol–water partition coefficient (Wildman–Crippen LogP) is 3.33. The fourth-order valence-corrected chi connectivity index (χ4v) is 2.99. The number of carbonyl (C=O) groups excluding carboxylic acids is 3. The maximum absolute atomic E-state index is 12.3. The summed E-state index contributed by atoms with van der Waals surface area (Å²) in [7, 11) is 0. The lowest BCUT2D eigenvalue weighted by Crippen LogP contribution is -2.33. The van der Waals surface area contributed by atoms with E-state index in [0.29, 0.717) is 16.9 Å². The molecule has 0 bridgehead atoms. The van der Waals surface area contributed by atoms with Crippen LogP contribution in [-0.2, 0) is 9.59 Å². The standard InChI is InChI=1S/C22H25N3O3/c1-13-8-14(2)10-17(9-13)21(27)23-12-20(26)25-19-11-18(7-4-15(19)3)24-22(28)16-5-6-16/h4,7-11,16H,5-6,12H2,1-3H3,(H,23,27)(H,24,28)(H,25,26). The first-order valence-corrected chi connectivity index (χ1v) is 9.39. The third kappa shape index (κ3) is 5.19. The molecule has 0 aromatic heterocycles. The fraction of sp³-hybridized carbons (Fsp3) is 0.318. The van der Waals surface area contributed by atoms with E-state index in [1.807, 2.05) is 39.0 Å². The summed E-state index contributed by atoms with van der Waals surface area (Å²) in [6.07, 6.45) is 1.86. The number of hydrogen-bond acceptors (Lipinski definition) is 3. The largest absolute Gasteiger partial charge is 0.343 e. The first-order chi connectivity index (χ1) is 13.3. The molecule has 146 valence electrons. The van der Waals surface area contributed by atoms with Gasteiger partial charge in [-0.15, -0.1) is 0 Å². The molecule has 1 aliphatic rings. The normalized spacial score (nSPS) is 13.0. The van der Waals surface area contributed by atoms with Crippen LogP contribution >= 0.6 is 0 Å². The molecule has 3 amide bonds. The van der Waals surface area contributed by atoms with Crippen molar-refractivity contribution in [2.24, 2.45) is 5.92 Å². The predicted molar refractivity (Wildman–Crippen MR) is 109 cm³/mol. The molecule has 1 fully saturated rings. The molecule has 0 aliphatic heterocycles. The smallest absolute Gasteiger partial charge is 0.251 e. The molecule has 0 saturated heterocycles. The summed E-state index contributed by atoms with van der Waals surface area (Å²) in [5.41, 5.74) is 4.66. The van der Waals surface area contributed by atoms with Crippen LogP contribution in [0.1, 0.15) is 39.9 Å². The van der Waals surface area contributed by atoms with Crippen molar-refractivity contribution in [2.75, 3.05) is 17.2 Å². The first-order valence-electron chi connectivity index (χ1n) is 9.39. The highest BCUT2D eigenvalue weighted by Gasteiger charge is 2.29. The SMILES string of the molecule is Cc1cc(C)cc(C(=O)NCC(=O)Nc2cc(NC(=O)C3CC3)ccc2C)c1. The van der Waals surface area contributed by atoms with Gasteiger partial charge in [-0.2, -0.15) is 0 Å². The quantitative estimate of drug-likeness (QED) is 0.719. The molecule has 28 heavy (non-hydrogen) atoms. The van der Waals surface area contributed by atoms with Crippen molar-refractivity contribution in [1.82, 2.24) is 5.32 Å². The maximum Gasteiger partial charge on any atom is 0.251 e. The van der Waals surface area contributed by atoms with Gasteiger partial charge in [-0.3, -0.25) is 14.4 Å². The Morgan fingerprint density at radius 3 is 2.25 bits per heavy atom. The van der Waals surface area contributed by atoms with Crippen LogP contribution in [0, 0.1) is 26.7 Å². The van der Waals surface area contributed by atoms with Crippen molar-refractivity contribution in [1.29, 1.82) is 0 Å². The van der Waals surface area contributed by atoms with E-state index < -0.39 is 0 Å². The number of anilines is 2. The average Bonchev–Trinajstić information content (AvgIpc) is 3.47. The minimum atomic E-state index is -0.327. The minimum absolute atomic E-state index is 0.0156. The number of carbonyl (C=O) groups is 3. The van der Waals surface area contributed by atoms with E-state index in [0.717, 1.165) is 29.5 Å². The highest BCUT2D eigenvalue weighted by Crippen LogP contribution is 2.30. The molecule has 2 aromatic rings. The zero-order valence-corrected chi connectivity index (χ0v) is 16.4. The lowest BCUT2D eigenvalue weighted by molar-refractivity contribution is -0.117. The van der Waals surface area contributed by atoms with E-state index in [9.17, 15) is 14.4 Å². The first kappa shape index (κ1) is 19.6. The van der Waals surface area contributed by atoms with E-state index in [-0.39, 0.29) is 30.2 Å². The Morgan fingerprint density at radius 1 is 0.929 bits per heavy atom. The number of rotatable bonds is 6. The van der Waals surface area contributed by atoms with Gasteiger partial charge >= 0.3 is 0 Å². The Labute approximate surface area is 164 Å². The molecule has 1 aliphatic carbocycles. The van der Waals surface area contributed by atoms with Gasteiger partial charge in [0, 0.05) is 22.9 Å². The molecule has 1 saturated carbocycles. The maximum atomic E-state index is 12.3. The Balaban J connectivity index is 1.58. The van der Waals surface area contributed by atoms with Crippen molar-refractivity contribution < 1.29 is 14.4 Å². The molecular weight excluding hydrogens is 354 g/mol. The van der Waals surface area contributed by atoms with Gasteiger partial charge in [0.05, 0.1) is 6.54 Å². The minimum Gasteiger partial charge on any atom is -0.343 e. The summed E-state index contributed by atoms with van der Waals surface area (Å²) in [6.45, 7) is 5.59. The van der Waals surface area contributed by atoms with E-state index in [1.165, 1.54) is 0 Å². The molecule has 3 N–H and O–H groups in total. The van der Waals surface area contributed by atoms with Crippen LogP contribution < -0.4 is 16.0 Å². The molecule has 0 heterocycles. The molecule has 2 aromatic carbocycles. The van der Waals surface area contributed by atoms with Crippen molar-refractivity contribution in [3.63, 3.8) is 0 Å². The summed E-state index contributed by atoms with van der Waals surface area (Å²) < 4.78 is 0. The molecule has 3 rings (SSSR count). The Bertz CT molecular complexity index is 912. The van der Waals surface area contributed by atoms with Gasteiger partial charge in [0.1, 0.15) is 0 Å². The van der Waals surface area contributed by atoms with Gasteiger partial charge in [0.15, 0.2) is 0 Å². The van der Waals surface area contributed by atoms with Crippen LogP contribution in [0.2, 0.25) is 0 Å². The number of nitrogens with one attached hydrogen (secondary N) is 3.